The summed E-state index contributed by atoms with van der Waals surface area (Å²) in [5.74, 6) is -1.34. The van der Waals surface area contributed by atoms with E-state index in [2.05, 4.69) is 5.32 Å². The number of nitrogens with one attached hydrogen (secondary N) is 1. The Kier molecular flexibility index (Phi) is 7.14. The molecule has 0 bridgehead atoms. The third kappa shape index (κ3) is 5.25. The molecule has 9 nitrogen and oxygen atoms in total. The van der Waals surface area contributed by atoms with E-state index in [1.54, 1.807) is 30.3 Å². The second-order valence-corrected chi connectivity index (χ2v) is 9.57. The van der Waals surface area contributed by atoms with Gasteiger partial charge in [-0.15, -0.1) is 0 Å². The number of nitrogens with zero attached hydrogens (tertiary/aromatic N) is 1. The molecular weight excluding hydrogens is 434 g/mol. The van der Waals surface area contributed by atoms with E-state index in [0.717, 1.165) is 4.90 Å². The molecule has 1 aliphatic heterocycles. The van der Waals surface area contributed by atoms with Gasteiger partial charge >= 0.3 is 6.09 Å². The highest BCUT2D eigenvalue weighted by Crippen LogP contribution is 2.21. The largest absolute Gasteiger partial charge is 0.465 e. The highest BCUT2D eigenvalue weighted by molar-refractivity contribution is 7.91. The SMILES string of the molecule is NC(=O)[C@H](Cc1ccc(S(=O)(=O)c2ccccc2)cc1)NC(=O)C1CCCCN1C(=O)O. The van der Waals surface area contributed by atoms with Crippen LogP contribution in [0.3, 0.4) is 0 Å². The maximum atomic E-state index is 12.7. The second kappa shape index (κ2) is 9.82. The number of sulfone groups is 1. The van der Waals surface area contributed by atoms with Gasteiger partial charge in [0.05, 0.1) is 9.79 Å². The second-order valence-electron chi connectivity index (χ2n) is 7.62. The first-order valence-corrected chi connectivity index (χ1v) is 11.7. The number of likely N-dealkylation sites (tertiary alicyclic amines) is 1. The lowest BCUT2D eigenvalue weighted by Crippen LogP contribution is -2.56. The summed E-state index contributed by atoms with van der Waals surface area (Å²) in [6.45, 7) is 0.256. The van der Waals surface area contributed by atoms with Crippen LogP contribution < -0.4 is 11.1 Å². The summed E-state index contributed by atoms with van der Waals surface area (Å²) in [6, 6.07) is 12.1. The quantitative estimate of drug-likeness (QED) is 0.573. The van der Waals surface area contributed by atoms with Crippen molar-refractivity contribution in [2.24, 2.45) is 5.73 Å². The molecule has 170 valence electrons. The van der Waals surface area contributed by atoms with E-state index in [4.69, 9.17) is 5.73 Å². The van der Waals surface area contributed by atoms with Crippen LogP contribution in [0.2, 0.25) is 0 Å². The number of rotatable bonds is 7. The minimum Gasteiger partial charge on any atom is -0.465 e. The van der Waals surface area contributed by atoms with Gasteiger partial charge in [-0.25, -0.2) is 13.2 Å². The zero-order valence-electron chi connectivity index (χ0n) is 17.3. The summed E-state index contributed by atoms with van der Waals surface area (Å²) in [5, 5.41) is 11.9. The average molecular weight is 460 g/mol. The molecule has 32 heavy (non-hydrogen) atoms. The number of piperidine rings is 1. The van der Waals surface area contributed by atoms with E-state index in [9.17, 15) is 27.9 Å². The standard InChI is InChI=1S/C22H25N3O6S/c23-20(26)18(24-21(27)19-8-4-5-13-25(19)22(28)29)14-15-9-11-17(12-10-15)32(30,31)16-6-2-1-3-7-16/h1-3,6-7,9-12,18-19H,4-5,8,13-14H2,(H2,23,26)(H,24,27)(H,28,29)/t18-,19?/m0/s1. The van der Waals surface area contributed by atoms with Crippen molar-refractivity contribution in [1.82, 2.24) is 10.2 Å². The molecule has 2 atom stereocenters. The lowest BCUT2D eigenvalue weighted by Gasteiger charge is -2.33. The van der Waals surface area contributed by atoms with E-state index >= 15 is 0 Å². The van der Waals surface area contributed by atoms with Crippen LogP contribution in [0.4, 0.5) is 4.79 Å². The zero-order valence-corrected chi connectivity index (χ0v) is 18.1. The number of carboxylic acid groups (broad SMARTS) is 1. The molecule has 2 aromatic rings. The average Bonchev–Trinajstić information content (AvgIpc) is 2.79. The first-order chi connectivity index (χ1) is 15.2. The molecular formula is C22H25N3O6S. The molecule has 0 radical (unpaired) electrons. The maximum Gasteiger partial charge on any atom is 0.407 e. The smallest absolute Gasteiger partial charge is 0.407 e. The number of hydrogen-bond donors (Lipinski definition) is 3. The van der Waals surface area contributed by atoms with Crippen molar-refractivity contribution in [3.63, 3.8) is 0 Å². The van der Waals surface area contributed by atoms with Gasteiger partial charge in [0, 0.05) is 13.0 Å². The summed E-state index contributed by atoms with van der Waals surface area (Å²) in [7, 11) is -3.67. The van der Waals surface area contributed by atoms with Gasteiger partial charge in [-0.05, 0) is 49.1 Å². The molecule has 1 unspecified atom stereocenters. The summed E-state index contributed by atoms with van der Waals surface area (Å²) < 4.78 is 25.4. The van der Waals surface area contributed by atoms with Gasteiger partial charge in [0.2, 0.25) is 21.7 Å². The molecule has 4 N–H and O–H groups in total. The van der Waals surface area contributed by atoms with Crippen molar-refractivity contribution in [1.29, 1.82) is 0 Å². The van der Waals surface area contributed by atoms with Gasteiger partial charge < -0.3 is 16.2 Å². The van der Waals surface area contributed by atoms with E-state index in [-0.39, 0.29) is 22.8 Å². The molecule has 1 aliphatic rings. The minimum atomic E-state index is -3.67. The van der Waals surface area contributed by atoms with Gasteiger partial charge in [-0.3, -0.25) is 14.5 Å². The van der Waals surface area contributed by atoms with Crippen molar-refractivity contribution in [3.8, 4) is 0 Å². The fraction of sp³-hybridized carbons (Fsp3) is 0.318. The Morgan fingerprint density at radius 2 is 1.66 bits per heavy atom. The van der Waals surface area contributed by atoms with Crippen LogP contribution in [-0.2, 0) is 25.8 Å². The number of amides is 3. The van der Waals surface area contributed by atoms with Crippen molar-refractivity contribution in [3.05, 3.63) is 60.2 Å². The molecule has 10 heteroatoms. The molecule has 1 fully saturated rings. The van der Waals surface area contributed by atoms with Crippen LogP contribution >= 0.6 is 0 Å². The third-order valence-corrected chi connectivity index (χ3v) is 7.22. The molecule has 0 saturated carbocycles. The van der Waals surface area contributed by atoms with Crippen LogP contribution in [0.25, 0.3) is 0 Å². The lowest BCUT2D eigenvalue weighted by molar-refractivity contribution is -0.131. The molecule has 3 amide bonds. The first kappa shape index (κ1) is 23.3. The highest BCUT2D eigenvalue weighted by atomic mass is 32.2. The van der Waals surface area contributed by atoms with Gasteiger partial charge in [0.15, 0.2) is 0 Å². The number of carbonyl (C=O) groups excluding carboxylic acids is 2. The van der Waals surface area contributed by atoms with E-state index in [0.29, 0.717) is 24.8 Å². The van der Waals surface area contributed by atoms with E-state index in [1.807, 2.05) is 0 Å². The Labute approximate surface area is 186 Å². The van der Waals surface area contributed by atoms with Crippen molar-refractivity contribution < 1.29 is 27.9 Å². The number of carbonyl (C=O) groups is 3. The Morgan fingerprint density at radius 1 is 1.03 bits per heavy atom. The molecule has 2 aromatic carbocycles. The fourth-order valence-corrected chi connectivity index (χ4v) is 4.98. The summed E-state index contributed by atoms with van der Waals surface area (Å²) >= 11 is 0. The van der Waals surface area contributed by atoms with Crippen LogP contribution in [0.15, 0.2) is 64.4 Å². The van der Waals surface area contributed by atoms with Gasteiger partial charge in [-0.1, -0.05) is 30.3 Å². The summed E-state index contributed by atoms with van der Waals surface area (Å²) in [4.78, 5) is 37.3. The van der Waals surface area contributed by atoms with Crippen LogP contribution in [0.1, 0.15) is 24.8 Å². The summed E-state index contributed by atoms with van der Waals surface area (Å²) in [5.41, 5.74) is 6.05. The Balaban J connectivity index is 1.72. The Hall–Kier alpha value is -3.40. The fourth-order valence-electron chi connectivity index (χ4n) is 3.70. The molecule has 3 rings (SSSR count). The molecule has 0 aliphatic carbocycles. The van der Waals surface area contributed by atoms with Crippen molar-refractivity contribution >= 4 is 27.7 Å². The highest BCUT2D eigenvalue weighted by Gasteiger charge is 2.33. The maximum absolute atomic E-state index is 12.7. The third-order valence-electron chi connectivity index (χ3n) is 5.44. The predicted octanol–water partition coefficient (Wildman–Crippen LogP) is 1.56. The molecule has 0 spiro atoms. The van der Waals surface area contributed by atoms with Gasteiger partial charge in [0.1, 0.15) is 12.1 Å². The summed E-state index contributed by atoms with van der Waals surface area (Å²) in [6.07, 6.45) is 0.617. The Morgan fingerprint density at radius 3 is 2.25 bits per heavy atom. The van der Waals surface area contributed by atoms with E-state index < -0.39 is 39.8 Å². The van der Waals surface area contributed by atoms with Gasteiger partial charge in [0.25, 0.3) is 0 Å². The molecule has 1 heterocycles. The number of benzene rings is 2. The molecule has 0 aromatic heterocycles. The topological polar surface area (TPSA) is 147 Å². The normalized spacial score (nSPS) is 17.4. The van der Waals surface area contributed by atoms with Crippen molar-refractivity contribution in [2.75, 3.05) is 6.54 Å². The zero-order chi connectivity index (χ0) is 23.3. The van der Waals surface area contributed by atoms with Crippen LogP contribution in [0.5, 0.6) is 0 Å². The van der Waals surface area contributed by atoms with E-state index in [1.165, 1.54) is 24.3 Å². The predicted molar refractivity (Wildman–Crippen MR) is 116 cm³/mol. The number of nitrogens with two attached hydrogens (primary N) is 1. The lowest BCUT2D eigenvalue weighted by atomic mass is 10.0. The van der Waals surface area contributed by atoms with Crippen molar-refractivity contribution in [2.45, 2.75) is 47.6 Å². The van der Waals surface area contributed by atoms with Crippen LogP contribution in [0, 0.1) is 0 Å². The first-order valence-electron chi connectivity index (χ1n) is 10.2. The Bertz CT molecular complexity index is 1090. The number of hydrogen-bond acceptors (Lipinski definition) is 5. The minimum absolute atomic E-state index is 0.0481. The van der Waals surface area contributed by atoms with Gasteiger partial charge in [-0.2, -0.15) is 0 Å². The van der Waals surface area contributed by atoms with Crippen LogP contribution in [-0.4, -0.2) is 55.0 Å². The molecule has 1 saturated heterocycles. The monoisotopic (exact) mass is 459 g/mol. The number of primary amides is 1.